The van der Waals surface area contributed by atoms with Crippen molar-refractivity contribution in [3.8, 4) is 0 Å². The molecule has 2 aromatic rings. The Morgan fingerprint density at radius 3 is 3.04 bits per heavy atom. The lowest BCUT2D eigenvalue weighted by molar-refractivity contribution is 0.746. The highest BCUT2D eigenvalue weighted by molar-refractivity contribution is 5.92. The minimum Gasteiger partial charge on any atom is -0.404 e. The first-order valence-electron chi connectivity index (χ1n) is 7.46. The first kappa shape index (κ1) is 15.0. The second-order valence-corrected chi connectivity index (χ2v) is 5.37. The predicted molar refractivity (Wildman–Crippen MR) is 90.9 cm³/mol. The molecule has 1 aliphatic rings. The summed E-state index contributed by atoms with van der Waals surface area (Å²) in [6.45, 7) is 2.96. The standard InChI is InChI=1S/C16H19N7/c1-11-4-5-13-12(9-11)3-2-8-23(13)16-20-10-19-15(22-16)21-14(18)6-7-17/h4-7,9-10H,2-3,8,17H2,1H3,(H2,18,19,20,21,22)/b7-6-. The molecule has 7 nitrogen and oxygen atoms in total. The molecule has 4 N–H and O–H groups in total. The van der Waals surface area contributed by atoms with Crippen LogP contribution in [0.3, 0.4) is 0 Å². The van der Waals surface area contributed by atoms with Crippen molar-refractivity contribution in [2.45, 2.75) is 19.8 Å². The number of aryl methyl sites for hydroxylation is 2. The van der Waals surface area contributed by atoms with Crippen molar-refractivity contribution in [1.29, 1.82) is 0 Å². The van der Waals surface area contributed by atoms with Crippen LogP contribution in [0.15, 0.2) is 41.8 Å². The topological polar surface area (TPSA) is 106 Å². The zero-order valence-corrected chi connectivity index (χ0v) is 13.0. The van der Waals surface area contributed by atoms with Gasteiger partial charge in [-0.3, -0.25) is 0 Å². The number of benzene rings is 1. The van der Waals surface area contributed by atoms with Gasteiger partial charge in [-0.15, -0.1) is 0 Å². The number of fused-ring (bicyclic) bond motifs is 1. The first-order valence-corrected chi connectivity index (χ1v) is 7.46. The fourth-order valence-electron chi connectivity index (χ4n) is 2.65. The van der Waals surface area contributed by atoms with E-state index in [0.717, 1.165) is 25.1 Å². The van der Waals surface area contributed by atoms with Gasteiger partial charge in [-0.1, -0.05) is 17.7 Å². The van der Waals surface area contributed by atoms with Crippen molar-refractivity contribution < 1.29 is 0 Å². The van der Waals surface area contributed by atoms with E-state index in [1.54, 1.807) is 0 Å². The van der Waals surface area contributed by atoms with E-state index in [2.05, 4.69) is 50.0 Å². The molecule has 2 heterocycles. The lowest BCUT2D eigenvalue weighted by Gasteiger charge is -2.29. The molecule has 1 aromatic heterocycles. The Morgan fingerprint density at radius 1 is 1.35 bits per heavy atom. The van der Waals surface area contributed by atoms with Crippen LogP contribution in [-0.4, -0.2) is 27.3 Å². The Bertz CT molecular complexity index is 767. The lowest BCUT2D eigenvalue weighted by Crippen LogP contribution is -2.26. The number of nitrogens with two attached hydrogens (primary N) is 2. The largest absolute Gasteiger partial charge is 0.404 e. The van der Waals surface area contributed by atoms with E-state index in [-0.39, 0.29) is 11.8 Å². The molecule has 0 radical (unpaired) electrons. The van der Waals surface area contributed by atoms with Gasteiger partial charge in [0, 0.05) is 12.2 Å². The summed E-state index contributed by atoms with van der Waals surface area (Å²) in [5.41, 5.74) is 14.7. The molecular formula is C16H19N7. The summed E-state index contributed by atoms with van der Waals surface area (Å²) in [7, 11) is 0. The summed E-state index contributed by atoms with van der Waals surface area (Å²) >= 11 is 0. The highest BCUT2D eigenvalue weighted by Crippen LogP contribution is 2.32. The smallest absolute Gasteiger partial charge is 0.256 e. The second-order valence-electron chi connectivity index (χ2n) is 5.37. The molecule has 0 saturated heterocycles. The van der Waals surface area contributed by atoms with E-state index in [1.807, 2.05) is 0 Å². The average molecular weight is 309 g/mol. The second kappa shape index (κ2) is 6.43. The van der Waals surface area contributed by atoms with E-state index in [0.29, 0.717) is 5.95 Å². The highest BCUT2D eigenvalue weighted by Gasteiger charge is 2.20. The average Bonchev–Trinajstić information content (AvgIpc) is 2.54. The Hall–Kier alpha value is -2.96. The molecule has 1 aromatic carbocycles. The third-order valence-electron chi connectivity index (χ3n) is 3.64. The van der Waals surface area contributed by atoms with Crippen molar-refractivity contribution in [3.63, 3.8) is 0 Å². The van der Waals surface area contributed by atoms with Gasteiger partial charge in [-0.05, 0) is 43.7 Å². The number of rotatable bonds is 3. The van der Waals surface area contributed by atoms with Crippen molar-refractivity contribution in [1.82, 2.24) is 15.0 Å². The Morgan fingerprint density at radius 2 is 2.22 bits per heavy atom. The van der Waals surface area contributed by atoms with E-state index in [9.17, 15) is 0 Å². The van der Waals surface area contributed by atoms with E-state index in [1.165, 1.54) is 29.7 Å². The van der Waals surface area contributed by atoms with Gasteiger partial charge in [0.2, 0.25) is 5.95 Å². The fraction of sp³-hybridized carbons (Fsp3) is 0.250. The molecule has 0 unspecified atom stereocenters. The quantitative estimate of drug-likeness (QED) is 0.660. The van der Waals surface area contributed by atoms with Crippen molar-refractivity contribution in [2.75, 3.05) is 11.4 Å². The molecule has 0 bridgehead atoms. The van der Waals surface area contributed by atoms with Gasteiger partial charge >= 0.3 is 0 Å². The summed E-state index contributed by atoms with van der Waals surface area (Å²) in [4.78, 5) is 18.9. The van der Waals surface area contributed by atoms with Gasteiger partial charge in [0.25, 0.3) is 5.95 Å². The number of aromatic nitrogens is 3. The highest BCUT2D eigenvalue weighted by atomic mass is 15.3. The fourth-order valence-corrected chi connectivity index (χ4v) is 2.65. The summed E-state index contributed by atoms with van der Waals surface area (Å²) < 4.78 is 0. The summed E-state index contributed by atoms with van der Waals surface area (Å²) in [5, 5.41) is 0. The number of amidine groups is 1. The van der Waals surface area contributed by atoms with E-state index >= 15 is 0 Å². The van der Waals surface area contributed by atoms with Crippen LogP contribution in [0.5, 0.6) is 0 Å². The van der Waals surface area contributed by atoms with Crippen LogP contribution in [0.1, 0.15) is 17.5 Å². The van der Waals surface area contributed by atoms with Crippen LogP contribution < -0.4 is 16.4 Å². The molecule has 23 heavy (non-hydrogen) atoms. The molecule has 0 atom stereocenters. The Kier molecular flexibility index (Phi) is 4.18. The minimum atomic E-state index is 0.249. The van der Waals surface area contributed by atoms with Crippen molar-refractivity contribution in [2.24, 2.45) is 16.5 Å². The molecule has 1 aliphatic heterocycles. The van der Waals surface area contributed by atoms with Crippen LogP contribution in [0.2, 0.25) is 0 Å². The van der Waals surface area contributed by atoms with Gasteiger partial charge in [-0.2, -0.15) is 15.0 Å². The number of aliphatic imine (C=N–C) groups is 1. The summed E-state index contributed by atoms with van der Waals surface area (Å²) in [6, 6.07) is 6.43. The third kappa shape index (κ3) is 3.28. The molecule has 0 fully saturated rings. The number of hydrogen-bond acceptors (Lipinski definition) is 6. The first-order chi connectivity index (χ1) is 11.2. The molecular weight excluding hydrogens is 290 g/mol. The van der Waals surface area contributed by atoms with E-state index < -0.39 is 0 Å². The maximum Gasteiger partial charge on any atom is 0.256 e. The van der Waals surface area contributed by atoms with Gasteiger partial charge in [0.05, 0.1) is 0 Å². The minimum absolute atomic E-state index is 0.249. The normalized spacial score (nSPS) is 15.0. The molecule has 0 aliphatic carbocycles. The third-order valence-corrected chi connectivity index (χ3v) is 3.64. The SMILES string of the molecule is Cc1ccc2c(c1)CCCN2c1ncnc(/N=C(N)\C=C/N)n1. The number of nitrogens with zero attached hydrogens (tertiary/aromatic N) is 5. The number of anilines is 2. The van der Waals surface area contributed by atoms with Crippen LogP contribution in [-0.2, 0) is 6.42 Å². The van der Waals surface area contributed by atoms with Gasteiger partial charge in [0.1, 0.15) is 12.2 Å². The summed E-state index contributed by atoms with van der Waals surface area (Å²) in [5.74, 6) is 1.09. The van der Waals surface area contributed by atoms with Crippen LogP contribution in [0, 0.1) is 6.92 Å². The van der Waals surface area contributed by atoms with E-state index in [4.69, 9.17) is 11.5 Å². The van der Waals surface area contributed by atoms with Crippen LogP contribution in [0.25, 0.3) is 0 Å². The maximum absolute atomic E-state index is 5.71. The molecule has 0 spiro atoms. The maximum atomic E-state index is 5.71. The van der Waals surface area contributed by atoms with Crippen LogP contribution >= 0.6 is 0 Å². The zero-order chi connectivity index (χ0) is 16.2. The number of hydrogen-bond donors (Lipinski definition) is 2. The molecule has 3 rings (SSSR count). The molecule has 0 amide bonds. The summed E-state index contributed by atoms with van der Waals surface area (Å²) in [6.07, 6.45) is 6.38. The Balaban J connectivity index is 1.96. The van der Waals surface area contributed by atoms with Crippen LogP contribution in [0.4, 0.5) is 17.6 Å². The van der Waals surface area contributed by atoms with Crippen molar-refractivity contribution >= 4 is 23.4 Å². The monoisotopic (exact) mass is 309 g/mol. The predicted octanol–water partition coefficient (Wildman–Crippen LogP) is 1.73. The van der Waals surface area contributed by atoms with Gasteiger partial charge < -0.3 is 16.4 Å². The Labute approximate surface area is 134 Å². The van der Waals surface area contributed by atoms with Gasteiger partial charge in [0.15, 0.2) is 0 Å². The van der Waals surface area contributed by atoms with Crippen molar-refractivity contribution in [3.05, 3.63) is 47.9 Å². The lowest BCUT2D eigenvalue weighted by atomic mass is 10.00. The zero-order valence-electron chi connectivity index (χ0n) is 13.0. The molecule has 7 heteroatoms. The molecule has 118 valence electrons. The van der Waals surface area contributed by atoms with Gasteiger partial charge in [-0.25, -0.2) is 4.98 Å². The molecule has 0 saturated carbocycles.